The van der Waals surface area contributed by atoms with Crippen LogP contribution in [0.25, 0.3) is 0 Å². The molecule has 0 N–H and O–H groups in total. The third-order valence-electron chi connectivity index (χ3n) is 1.35. The molecule has 0 amide bonds. The summed E-state index contributed by atoms with van der Waals surface area (Å²) in [5.41, 5.74) is 1.43. The van der Waals surface area contributed by atoms with E-state index in [1.807, 2.05) is 0 Å². The average Bonchev–Trinajstić information content (AvgIpc) is 2.08. The van der Waals surface area contributed by atoms with E-state index in [9.17, 15) is 0 Å². The molecule has 0 saturated heterocycles. The van der Waals surface area contributed by atoms with Crippen LogP contribution in [0.2, 0.25) is 0 Å². The second-order valence-electron chi connectivity index (χ2n) is 2.73. The van der Waals surface area contributed by atoms with Crippen LogP contribution in [-0.2, 0) is 0 Å². The second kappa shape index (κ2) is 13.1. The summed E-state index contributed by atoms with van der Waals surface area (Å²) >= 11 is 0. The van der Waals surface area contributed by atoms with E-state index in [0.717, 1.165) is 12.8 Å². The van der Waals surface area contributed by atoms with Crippen molar-refractivity contribution in [2.24, 2.45) is 0 Å². The molecular formula is C12H24. The molecule has 0 saturated carbocycles. The molecule has 0 rings (SSSR count). The third kappa shape index (κ3) is 12.2. The Morgan fingerprint density at radius 1 is 1.08 bits per heavy atom. The summed E-state index contributed by atoms with van der Waals surface area (Å²) in [7, 11) is 0. The molecule has 0 aliphatic rings. The minimum Gasteiger partial charge on any atom is -0.0845 e. The Morgan fingerprint density at radius 3 is 1.83 bits per heavy atom. The molecule has 0 unspecified atom stereocenters. The van der Waals surface area contributed by atoms with Gasteiger partial charge in [-0.15, -0.1) is 0 Å². The predicted octanol–water partition coefficient (Wildman–Crippen LogP) is 4.73. The standard InChI is InChI=1S/C9H16.C3H8/c1-4-7-8-9(5-2)6-3;1-3-2/h5,7-8H,4,6H2,1-3H3;3H2,1-2H3/b8-7-,9-5-;. The molecule has 0 aliphatic carbocycles. The Morgan fingerprint density at radius 2 is 1.58 bits per heavy atom. The smallest absolute Gasteiger partial charge is 0.0311 e. The fourth-order valence-electron chi connectivity index (χ4n) is 0.687. The van der Waals surface area contributed by atoms with Gasteiger partial charge in [0, 0.05) is 0 Å². The van der Waals surface area contributed by atoms with E-state index in [4.69, 9.17) is 0 Å². The zero-order valence-corrected chi connectivity index (χ0v) is 9.35. The Hall–Kier alpha value is -0.520. The summed E-state index contributed by atoms with van der Waals surface area (Å²) in [6.45, 7) is 10.7. The Kier molecular flexibility index (Phi) is 15.3. The third-order valence-corrected chi connectivity index (χ3v) is 1.35. The lowest BCUT2D eigenvalue weighted by atomic mass is 10.2. The highest BCUT2D eigenvalue weighted by Gasteiger charge is 1.80. The molecule has 0 spiro atoms. The largest absolute Gasteiger partial charge is 0.0845 e. The van der Waals surface area contributed by atoms with Crippen LogP contribution in [-0.4, -0.2) is 0 Å². The average molecular weight is 168 g/mol. The monoisotopic (exact) mass is 168 g/mol. The topological polar surface area (TPSA) is 0 Å². The molecule has 0 fully saturated rings. The van der Waals surface area contributed by atoms with E-state index in [1.165, 1.54) is 12.0 Å². The summed E-state index contributed by atoms with van der Waals surface area (Å²) in [5, 5.41) is 0. The second-order valence-corrected chi connectivity index (χ2v) is 2.73. The molecular weight excluding hydrogens is 144 g/mol. The molecule has 0 aromatic heterocycles. The predicted molar refractivity (Wildman–Crippen MR) is 59.4 cm³/mol. The van der Waals surface area contributed by atoms with Crippen LogP contribution in [0.3, 0.4) is 0 Å². The van der Waals surface area contributed by atoms with Gasteiger partial charge in [-0.3, -0.25) is 0 Å². The highest BCUT2D eigenvalue weighted by Crippen LogP contribution is 2.01. The van der Waals surface area contributed by atoms with E-state index in [0.29, 0.717) is 0 Å². The maximum Gasteiger partial charge on any atom is -0.0311 e. The van der Waals surface area contributed by atoms with Crippen LogP contribution < -0.4 is 0 Å². The van der Waals surface area contributed by atoms with Gasteiger partial charge in [0.1, 0.15) is 0 Å². The van der Waals surface area contributed by atoms with Crippen molar-refractivity contribution in [2.75, 3.05) is 0 Å². The van der Waals surface area contributed by atoms with E-state index in [1.54, 1.807) is 0 Å². The quantitative estimate of drug-likeness (QED) is 0.535. The highest BCUT2D eigenvalue weighted by molar-refractivity contribution is 5.16. The van der Waals surface area contributed by atoms with Crippen molar-refractivity contribution in [1.82, 2.24) is 0 Å². The SMILES string of the molecule is C/C=C(\C=C/CC)CC.CCC. The summed E-state index contributed by atoms with van der Waals surface area (Å²) < 4.78 is 0. The Labute approximate surface area is 78.4 Å². The molecule has 0 nitrogen and oxygen atoms in total. The van der Waals surface area contributed by atoms with E-state index in [-0.39, 0.29) is 0 Å². The first-order chi connectivity index (χ1) is 5.76. The summed E-state index contributed by atoms with van der Waals surface area (Å²) in [6.07, 6.45) is 10.1. The normalized spacial score (nSPS) is 11.2. The van der Waals surface area contributed by atoms with Crippen LogP contribution in [0.15, 0.2) is 23.8 Å². The summed E-state index contributed by atoms with van der Waals surface area (Å²) in [5.74, 6) is 0. The number of rotatable bonds is 3. The first kappa shape index (κ1) is 14.0. The molecule has 0 bridgehead atoms. The van der Waals surface area contributed by atoms with Gasteiger partial charge in [-0.1, -0.05) is 57.9 Å². The molecule has 12 heavy (non-hydrogen) atoms. The van der Waals surface area contributed by atoms with E-state index >= 15 is 0 Å². The van der Waals surface area contributed by atoms with Crippen molar-refractivity contribution >= 4 is 0 Å². The fraction of sp³-hybridized carbons (Fsp3) is 0.667. The van der Waals surface area contributed by atoms with Gasteiger partial charge in [-0.2, -0.15) is 0 Å². The van der Waals surface area contributed by atoms with Gasteiger partial charge < -0.3 is 0 Å². The molecule has 0 radical (unpaired) electrons. The molecule has 0 aliphatic heterocycles. The molecule has 0 aromatic rings. The minimum absolute atomic E-state index is 1.14. The van der Waals surface area contributed by atoms with Gasteiger partial charge >= 0.3 is 0 Å². The summed E-state index contributed by atoms with van der Waals surface area (Å²) in [4.78, 5) is 0. The molecule has 72 valence electrons. The first-order valence-corrected chi connectivity index (χ1v) is 5.08. The van der Waals surface area contributed by atoms with Crippen LogP contribution in [0.1, 0.15) is 53.9 Å². The maximum absolute atomic E-state index is 2.19. The van der Waals surface area contributed by atoms with Gasteiger partial charge in [-0.05, 0) is 19.8 Å². The summed E-state index contributed by atoms with van der Waals surface area (Å²) in [6, 6.07) is 0. The number of allylic oxidation sites excluding steroid dienone is 4. The lowest BCUT2D eigenvalue weighted by molar-refractivity contribution is 1.09. The van der Waals surface area contributed by atoms with Crippen LogP contribution >= 0.6 is 0 Å². The van der Waals surface area contributed by atoms with Crippen LogP contribution in [0.5, 0.6) is 0 Å². The lowest BCUT2D eigenvalue weighted by Gasteiger charge is -1.91. The zero-order valence-electron chi connectivity index (χ0n) is 9.35. The zero-order chi connectivity index (χ0) is 9.82. The van der Waals surface area contributed by atoms with Crippen molar-refractivity contribution in [1.29, 1.82) is 0 Å². The number of hydrogen-bond acceptors (Lipinski definition) is 0. The van der Waals surface area contributed by atoms with Crippen molar-refractivity contribution in [2.45, 2.75) is 53.9 Å². The molecule has 0 heterocycles. The van der Waals surface area contributed by atoms with Gasteiger partial charge in [0.2, 0.25) is 0 Å². The number of hydrogen-bond donors (Lipinski definition) is 0. The molecule has 0 heteroatoms. The van der Waals surface area contributed by atoms with Crippen LogP contribution in [0, 0.1) is 0 Å². The Bertz CT molecular complexity index is 118. The maximum atomic E-state index is 2.19. The van der Waals surface area contributed by atoms with Crippen molar-refractivity contribution in [3.63, 3.8) is 0 Å². The minimum atomic E-state index is 1.14. The van der Waals surface area contributed by atoms with Crippen LogP contribution in [0.4, 0.5) is 0 Å². The first-order valence-electron chi connectivity index (χ1n) is 5.08. The molecule has 0 atom stereocenters. The van der Waals surface area contributed by atoms with Gasteiger partial charge in [-0.25, -0.2) is 0 Å². The Balaban J connectivity index is 0. The molecule has 0 aromatic carbocycles. The van der Waals surface area contributed by atoms with Gasteiger partial charge in [0.05, 0.1) is 0 Å². The van der Waals surface area contributed by atoms with Gasteiger partial charge in [0.25, 0.3) is 0 Å². The lowest BCUT2D eigenvalue weighted by Crippen LogP contribution is -1.70. The highest BCUT2D eigenvalue weighted by atomic mass is 13.9. The van der Waals surface area contributed by atoms with Crippen molar-refractivity contribution in [3.05, 3.63) is 23.8 Å². The van der Waals surface area contributed by atoms with Crippen molar-refractivity contribution in [3.8, 4) is 0 Å². The van der Waals surface area contributed by atoms with Gasteiger partial charge in [0.15, 0.2) is 0 Å². The van der Waals surface area contributed by atoms with Crippen molar-refractivity contribution < 1.29 is 0 Å². The fourth-order valence-corrected chi connectivity index (χ4v) is 0.687. The van der Waals surface area contributed by atoms with E-state index < -0.39 is 0 Å². The van der Waals surface area contributed by atoms with E-state index in [2.05, 4.69) is 52.8 Å².